The molecule has 1 heterocycles. The van der Waals surface area contributed by atoms with Gasteiger partial charge in [0.25, 0.3) is 0 Å². The highest BCUT2D eigenvalue weighted by Gasteiger charge is 2.29. The van der Waals surface area contributed by atoms with Crippen LogP contribution < -0.4 is 5.32 Å². The highest BCUT2D eigenvalue weighted by molar-refractivity contribution is 7.85. The summed E-state index contributed by atoms with van der Waals surface area (Å²) in [4.78, 5) is 14.2. The van der Waals surface area contributed by atoms with Gasteiger partial charge in [0.15, 0.2) is 0 Å². The van der Waals surface area contributed by atoms with Crippen LogP contribution in [0.5, 0.6) is 0 Å². The quantitative estimate of drug-likeness (QED) is 0.775. The number of allylic oxidation sites excluding steroid dienone is 1. The molecule has 1 rings (SSSR count). The lowest BCUT2D eigenvalue weighted by Gasteiger charge is -2.40. The molecule has 0 aromatic heterocycles. The zero-order valence-corrected chi connectivity index (χ0v) is 13.3. The second-order valence-corrected chi connectivity index (χ2v) is 7.32. The smallest absolute Gasteiger partial charge is 0.246 e. The number of nitrogens with zero attached hydrogens (tertiary/aromatic N) is 1. The number of rotatable bonds is 5. The van der Waals surface area contributed by atoms with Gasteiger partial charge < -0.3 is 5.32 Å². The highest BCUT2D eigenvalue weighted by atomic mass is 32.2. The maximum atomic E-state index is 11.9. The molecular weight excluding hydrogens is 260 g/mol. The monoisotopic (exact) mass is 286 g/mol. The third-order valence-electron chi connectivity index (χ3n) is 3.58. The molecule has 4 nitrogen and oxygen atoms in total. The Morgan fingerprint density at radius 2 is 1.95 bits per heavy atom. The Hall–Kier alpha value is -0.680. The van der Waals surface area contributed by atoms with E-state index in [0.29, 0.717) is 6.54 Å². The molecule has 1 aliphatic heterocycles. The third kappa shape index (κ3) is 5.07. The molecule has 1 fully saturated rings. The van der Waals surface area contributed by atoms with E-state index >= 15 is 0 Å². The third-order valence-corrected chi connectivity index (χ3v) is 4.86. The standard InChI is InChI=1S/C14H26N2O2S/c1-5-6-12(2)13(17)15-11-14(3,4)16-7-9-19(18)10-8-16/h6H,5,7-11H2,1-4H3,(H,15,17)/b12-6-. The zero-order valence-electron chi connectivity index (χ0n) is 12.5. The number of carbonyl (C=O) groups excluding carboxylic acids is 1. The predicted molar refractivity (Wildman–Crippen MR) is 80.6 cm³/mol. The average molecular weight is 286 g/mol. The highest BCUT2D eigenvalue weighted by Crippen LogP contribution is 2.16. The van der Waals surface area contributed by atoms with Crippen molar-refractivity contribution in [3.63, 3.8) is 0 Å². The second kappa shape index (κ2) is 7.20. The van der Waals surface area contributed by atoms with E-state index in [0.717, 1.165) is 36.6 Å². The first-order chi connectivity index (χ1) is 8.86. The summed E-state index contributed by atoms with van der Waals surface area (Å²) in [6.45, 7) is 10.4. The summed E-state index contributed by atoms with van der Waals surface area (Å²) in [6.07, 6.45) is 2.81. The Kier molecular flexibility index (Phi) is 6.20. The van der Waals surface area contributed by atoms with Gasteiger partial charge in [-0.05, 0) is 27.2 Å². The van der Waals surface area contributed by atoms with Crippen molar-refractivity contribution >= 4 is 16.7 Å². The fraction of sp³-hybridized carbons (Fsp3) is 0.786. The van der Waals surface area contributed by atoms with Crippen LogP contribution in [-0.2, 0) is 15.6 Å². The van der Waals surface area contributed by atoms with E-state index in [4.69, 9.17) is 0 Å². The van der Waals surface area contributed by atoms with E-state index in [9.17, 15) is 9.00 Å². The lowest BCUT2D eigenvalue weighted by molar-refractivity contribution is -0.118. The van der Waals surface area contributed by atoms with Gasteiger partial charge in [-0.1, -0.05) is 13.0 Å². The molecule has 0 unspecified atom stereocenters. The van der Waals surface area contributed by atoms with Gasteiger partial charge in [-0.25, -0.2) is 0 Å². The predicted octanol–water partition coefficient (Wildman–Crippen LogP) is 1.30. The summed E-state index contributed by atoms with van der Waals surface area (Å²) in [6, 6.07) is 0. The van der Waals surface area contributed by atoms with Crippen molar-refractivity contribution in [3.05, 3.63) is 11.6 Å². The zero-order chi connectivity index (χ0) is 14.5. The Morgan fingerprint density at radius 3 is 2.47 bits per heavy atom. The number of carbonyl (C=O) groups is 1. The van der Waals surface area contributed by atoms with Crippen molar-refractivity contribution in [1.82, 2.24) is 10.2 Å². The molecule has 0 atom stereocenters. The molecule has 5 heteroatoms. The van der Waals surface area contributed by atoms with Crippen molar-refractivity contribution in [3.8, 4) is 0 Å². The van der Waals surface area contributed by atoms with Crippen LogP contribution in [0.4, 0.5) is 0 Å². The molecule has 19 heavy (non-hydrogen) atoms. The molecule has 0 spiro atoms. The van der Waals surface area contributed by atoms with E-state index in [2.05, 4.69) is 24.1 Å². The molecule has 110 valence electrons. The van der Waals surface area contributed by atoms with E-state index in [1.807, 2.05) is 19.9 Å². The fourth-order valence-electron chi connectivity index (χ4n) is 2.19. The van der Waals surface area contributed by atoms with Gasteiger partial charge in [0.05, 0.1) is 0 Å². The minimum absolute atomic E-state index is 0.00973. The SMILES string of the molecule is CC/C=C(/C)C(=O)NCC(C)(C)N1CCS(=O)CC1. The van der Waals surface area contributed by atoms with Crippen molar-refractivity contribution in [2.75, 3.05) is 31.1 Å². The lowest BCUT2D eigenvalue weighted by Crippen LogP contribution is -2.55. The van der Waals surface area contributed by atoms with Gasteiger partial charge in [0, 0.05) is 53.1 Å². The van der Waals surface area contributed by atoms with Crippen LogP contribution in [0.3, 0.4) is 0 Å². The van der Waals surface area contributed by atoms with Crippen LogP contribution in [0, 0.1) is 0 Å². The molecule has 1 amide bonds. The minimum Gasteiger partial charge on any atom is -0.350 e. The molecule has 1 saturated heterocycles. The molecule has 0 saturated carbocycles. The number of nitrogens with one attached hydrogen (secondary N) is 1. The topological polar surface area (TPSA) is 49.4 Å². The van der Waals surface area contributed by atoms with E-state index < -0.39 is 10.8 Å². The fourth-order valence-corrected chi connectivity index (χ4v) is 3.24. The largest absolute Gasteiger partial charge is 0.350 e. The van der Waals surface area contributed by atoms with Crippen LogP contribution in [0.2, 0.25) is 0 Å². The van der Waals surface area contributed by atoms with Gasteiger partial charge >= 0.3 is 0 Å². The number of amides is 1. The lowest BCUT2D eigenvalue weighted by atomic mass is 10.0. The Morgan fingerprint density at radius 1 is 1.37 bits per heavy atom. The van der Waals surface area contributed by atoms with Crippen molar-refractivity contribution in [2.45, 2.75) is 39.7 Å². The number of hydrogen-bond donors (Lipinski definition) is 1. The second-order valence-electron chi connectivity index (χ2n) is 5.63. The molecule has 0 aromatic rings. The first-order valence-corrected chi connectivity index (χ1v) is 8.40. The van der Waals surface area contributed by atoms with Gasteiger partial charge in [0.1, 0.15) is 0 Å². The van der Waals surface area contributed by atoms with Crippen LogP contribution >= 0.6 is 0 Å². The van der Waals surface area contributed by atoms with Crippen LogP contribution in [0.15, 0.2) is 11.6 Å². The first-order valence-electron chi connectivity index (χ1n) is 6.92. The van der Waals surface area contributed by atoms with Crippen LogP contribution in [0.25, 0.3) is 0 Å². The van der Waals surface area contributed by atoms with E-state index in [1.54, 1.807) is 0 Å². The summed E-state index contributed by atoms with van der Waals surface area (Å²) in [7, 11) is -0.657. The molecule has 0 aliphatic carbocycles. The van der Waals surface area contributed by atoms with E-state index in [1.165, 1.54) is 0 Å². The minimum atomic E-state index is -0.657. The maximum Gasteiger partial charge on any atom is 0.246 e. The van der Waals surface area contributed by atoms with Gasteiger partial charge in [-0.3, -0.25) is 13.9 Å². The Balaban J connectivity index is 2.48. The van der Waals surface area contributed by atoms with Crippen molar-refractivity contribution in [2.24, 2.45) is 0 Å². The Bertz CT molecular complexity index is 368. The molecule has 0 aromatic carbocycles. The normalized spacial score (nSPS) is 19.5. The molecule has 1 N–H and O–H groups in total. The van der Waals surface area contributed by atoms with Crippen molar-refractivity contribution < 1.29 is 9.00 Å². The molecular formula is C14H26N2O2S. The summed E-state index contributed by atoms with van der Waals surface area (Å²) in [5.41, 5.74) is 0.685. The Labute approximate surface area is 119 Å². The summed E-state index contributed by atoms with van der Waals surface area (Å²) < 4.78 is 11.4. The van der Waals surface area contributed by atoms with Gasteiger partial charge in [-0.2, -0.15) is 0 Å². The maximum absolute atomic E-state index is 11.9. The first kappa shape index (κ1) is 16.4. The molecule has 1 aliphatic rings. The van der Waals surface area contributed by atoms with E-state index in [-0.39, 0.29) is 11.4 Å². The van der Waals surface area contributed by atoms with Gasteiger partial charge in [-0.15, -0.1) is 0 Å². The van der Waals surface area contributed by atoms with Crippen LogP contribution in [0.1, 0.15) is 34.1 Å². The molecule has 0 radical (unpaired) electrons. The summed E-state index contributed by atoms with van der Waals surface area (Å²) >= 11 is 0. The van der Waals surface area contributed by atoms with Gasteiger partial charge in [0.2, 0.25) is 5.91 Å². The summed E-state index contributed by atoms with van der Waals surface area (Å²) in [5.74, 6) is 1.49. The molecule has 0 bridgehead atoms. The number of hydrogen-bond acceptors (Lipinski definition) is 3. The average Bonchev–Trinajstić information content (AvgIpc) is 2.37. The van der Waals surface area contributed by atoms with Crippen molar-refractivity contribution in [1.29, 1.82) is 0 Å². The van der Waals surface area contributed by atoms with Crippen LogP contribution in [-0.4, -0.2) is 51.7 Å². The summed E-state index contributed by atoms with van der Waals surface area (Å²) in [5, 5.41) is 2.99.